The molecule has 0 aliphatic rings. The lowest BCUT2D eigenvalue weighted by atomic mass is 9.79. The van der Waals surface area contributed by atoms with Gasteiger partial charge >= 0.3 is 0 Å². The zero-order valence-corrected chi connectivity index (χ0v) is 13.2. The second kappa shape index (κ2) is 5.31. The zero-order valence-electron chi connectivity index (χ0n) is 13.2. The number of nitrogens with one attached hydrogen (secondary N) is 1. The summed E-state index contributed by atoms with van der Waals surface area (Å²) >= 11 is 0. The Morgan fingerprint density at radius 1 is 1.20 bits per heavy atom. The van der Waals surface area contributed by atoms with Gasteiger partial charge in [-0.1, -0.05) is 34.6 Å². The molecule has 20 heavy (non-hydrogen) atoms. The molecule has 2 rings (SSSR count). The van der Waals surface area contributed by atoms with Crippen LogP contribution in [0.4, 0.5) is 0 Å². The van der Waals surface area contributed by atoms with Crippen molar-refractivity contribution in [3.05, 3.63) is 35.7 Å². The maximum Gasteiger partial charge on any atom is 0.141 e. The van der Waals surface area contributed by atoms with E-state index >= 15 is 0 Å². The fraction of sp³-hybridized carbons (Fsp3) is 0.471. The molecule has 0 fully saturated rings. The summed E-state index contributed by atoms with van der Waals surface area (Å²) in [7, 11) is 1.71. The van der Waals surface area contributed by atoms with Crippen molar-refractivity contribution in [2.24, 2.45) is 0 Å². The third-order valence-electron chi connectivity index (χ3n) is 3.56. The molecule has 0 saturated carbocycles. The maximum atomic E-state index is 5.58. The lowest BCUT2D eigenvalue weighted by Gasteiger charge is -2.26. The maximum absolute atomic E-state index is 5.58. The van der Waals surface area contributed by atoms with Crippen LogP contribution in [0.15, 0.2) is 24.5 Å². The first kappa shape index (κ1) is 14.6. The fourth-order valence-corrected chi connectivity index (χ4v) is 2.49. The van der Waals surface area contributed by atoms with Crippen LogP contribution in [0.25, 0.3) is 11.4 Å². The molecule has 1 N–H and O–H groups in total. The van der Waals surface area contributed by atoms with Crippen LogP contribution in [0.1, 0.15) is 51.7 Å². The summed E-state index contributed by atoms with van der Waals surface area (Å²) in [4.78, 5) is 7.51. The summed E-state index contributed by atoms with van der Waals surface area (Å²) in [6.45, 7) is 11.2. The Labute approximate surface area is 121 Å². The standard InChI is InChI=1S/C17H24N2O/c1-11(2)12-9-13(16-18-7-8-19-16)15(20-6)10-14(12)17(3,4)5/h7-11H,1-6H3,(H,18,19). The Kier molecular flexibility index (Phi) is 3.89. The predicted octanol–water partition coefficient (Wildman–Crippen LogP) is 4.51. The molecule has 0 amide bonds. The molecule has 0 saturated heterocycles. The van der Waals surface area contributed by atoms with Crippen LogP contribution in [0.5, 0.6) is 5.75 Å². The molecule has 108 valence electrons. The Balaban J connectivity index is 2.69. The molecule has 0 radical (unpaired) electrons. The Morgan fingerprint density at radius 3 is 2.35 bits per heavy atom. The fourth-order valence-electron chi connectivity index (χ4n) is 2.49. The number of methoxy groups -OCH3 is 1. The Morgan fingerprint density at radius 2 is 1.90 bits per heavy atom. The molecule has 1 aromatic carbocycles. The summed E-state index contributed by atoms with van der Waals surface area (Å²) in [5, 5.41) is 0. The van der Waals surface area contributed by atoms with Crippen molar-refractivity contribution in [1.29, 1.82) is 0 Å². The van der Waals surface area contributed by atoms with Gasteiger partial charge in [0.05, 0.1) is 12.7 Å². The van der Waals surface area contributed by atoms with E-state index in [1.807, 2.05) is 6.20 Å². The molecule has 0 atom stereocenters. The number of hydrogen-bond donors (Lipinski definition) is 1. The molecular formula is C17H24N2O. The normalized spacial score (nSPS) is 11.9. The van der Waals surface area contributed by atoms with Crippen LogP contribution in [0, 0.1) is 0 Å². The number of nitrogens with zero attached hydrogens (tertiary/aromatic N) is 1. The van der Waals surface area contributed by atoms with Gasteiger partial charge in [-0.3, -0.25) is 0 Å². The minimum atomic E-state index is 0.0918. The minimum absolute atomic E-state index is 0.0918. The van der Waals surface area contributed by atoms with Gasteiger partial charge in [-0.15, -0.1) is 0 Å². The van der Waals surface area contributed by atoms with E-state index in [9.17, 15) is 0 Å². The zero-order chi connectivity index (χ0) is 14.9. The van der Waals surface area contributed by atoms with Crippen LogP contribution in [-0.2, 0) is 5.41 Å². The van der Waals surface area contributed by atoms with Gasteiger partial charge in [0.25, 0.3) is 0 Å². The van der Waals surface area contributed by atoms with E-state index in [2.05, 4.69) is 56.7 Å². The third-order valence-corrected chi connectivity index (χ3v) is 3.56. The van der Waals surface area contributed by atoms with E-state index in [0.29, 0.717) is 5.92 Å². The number of benzene rings is 1. The molecule has 3 heteroatoms. The van der Waals surface area contributed by atoms with Crippen molar-refractivity contribution in [2.45, 2.75) is 46.0 Å². The predicted molar refractivity (Wildman–Crippen MR) is 83.4 cm³/mol. The third kappa shape index (κ3) is 2.72. The number of rotatable bonds is 3. The summed E-state index contributed by atoms with van der Waals surface area (Å²) in [6.07, 6.45) is 3.60. The van der Waals surface area contributed by atoms with Crippen molar-refractivity contribution < 1.29 is 4.74 Å². The lowest BCUT2D eigenvalue weighted by molar-refractivity contribution is 0.413. The monoisotopic (exact) mass is 272 g/mol. The molecular weight excluding hydrogens is 248 g/mol. The number of imidazole rings is 1. The van der Waals surface area contributed by atoms with Crippen LogP contribution in [0.2, 0.25) is 0 Å². The van der Waals surface area contributed by atoms with Gasteiger partial charge in [-0.25, -0.2) is 4.98 Å². The number of aromatic amines is 1. The van der Waals surface area contributed by atoms with Crippen molar-refractivity contribution in [3.63, 3.8) is 0 Å². The van der Waals surface area contributed by atoms with E-state index in [1.165, 1.54) is 11.1 Å². The smallest absolute Gasteiger partial charge is 0.141 e. The second-order valence-corrected chi connectivity index (χ2v) is 6.48. The van der Waals surface area contributed by atoms with E-state index < -0.39 is 0 Å². The van der Waals surface area contributed by atoms with Crippen LogP contribution < -0.4 is 4.74 Å². The Hall–Kier alpha value is -1.77. The van der Waals surface area contributed by atoms with E-state index in [4.69, 9.17) is 4.74 Å². The van der Waals surface area contributed by atoms with Crippen LogP contribution in [-0.4, -0.2) is 17.1 Å². The quantitative estimate of drug-likeness (QED) is 0.893. The van der Waals surface area contributed by atoms with Crippen molar-refractivity contribution in [3.8, 4) is 17.1 Å². The number of H-pyrrole nitrogens is 1. The highest BCUT2D eigenvalue weighted by Crippen LogP contribution is 2.38. The van der Waals surface area contributed by atoms with Crippen LogP contribution in [0.3, 0.4) is 0 Å². The van der Waals surface area contributed by atoms with Gasteiger partial charge in [0.15, 0.2) is 0 Å². The van der Waals surface area contributed by atoms with Crippen LogP contribution >= 0.6 is 0 Å². The average Bonchev–Trinajstić information content (AvgIpc) is 2.89. The topological polar surface area (TPSA) is 37.9 Å². The van der Waals surface area contributed by atoms with Gasteiger partial charge in [0.2, 0.25) is 0 Å². The first-order valence-electron chi connectivity index (χ1n) is 7.06. The van der Waals surface area contributed by atoms with Gasteiger partial charge in [0.1, 0.15) is 11.6 Å². The Bertz CT molecular complexity index is 578. The van der Waals surface area contributed by atoms with Gasteiger partial charge in [-0.05, 0) is 34.6 Å². The first-order valence-corrected chi connectivity index (χ1v) is 7.06. The number of aromatic nitrogens is 2. The highest BCUT2D eigenvalue weighted by Gasteiger charge is 2.23. The summed E-state index contributed by atoms with van der Waals surface area (Å²) < 4.78 is 5.58. The van der Waals surface area contributed by atoms with E-state index in [1.54, 1.807) is 13.3 Å². The molecule has 1 heterocycles. The molecule has 0 aliphatic heterocycles. The molecule has 0 spiro atoms. The second-order valence-electron chi connectivity index (χ2n) is 6.48. The molecule has 0 unspecified atom stereocenters. The molecule has 1 aromatic heterocycles. The first-order chi connectivity index (χ1) is 9.34. The summed E-state index contributed by atoms with van der Waals surface area (Å²) in [5.74, 6) is 2.18. The minimum Gasteiger partial charge on any atom is -0.496 e. The van der Waals surface area contributed by atoms with Crippen molar-refractivity contribution in [2.75, 3.05) is 7.11 Å². The largest absolute Gasteiger partial charge is 0.496 e. The number of ether oxygens (including phenoxy) is 1. The van der Waals surface area contributed by atoms with Gasteiger partial charge in [0, 0.05) is 12.4 Å². The summed E-state index contributed by atoms with van der Waals surface area (Å²) in [5.41, 5.74) is 3.80. The van der Waals surface area contributed by atoms with Gasteiger partial charge < -0.3 is 9.72 Å². The molecule has 2 aromatic rings. The van der Waals surface area contributed by atoms with E-state index in [-0.39, 0.29) is 5.41 Å². The molecule has 0 aliphatic carbocycles. The van der Waals surface area contributed by atoms with E-state index in [0.717, 1.165) is 17.1 Å². The lowest BCUT2D eigenvalue weighted by Crippen LogP contribution is -2.15. The molecule has 3 nitrogen and oxygen atoms in total. The number of hydrogen-bond acceptors (Lipinski definition) is 2. The average molecular weight is 272 g/mol. The highest BCUT2D eigenvalue weighted by molar-refractivity contribution is 5.67. The molecule has 0 bridgehead atoms. The van der Waals surface area contributed by atoms with Crippen molar-refractivity contribution >= 4 is 0 Å². The SMILES string of the molecule is COc1cc(C(C)(C)C)c(C(C)C)cc1-c1ncc[nH]1. The van der Waals surface area contributed by atoms with Gasteiger partial charge in [-0.2, -0.15) is 0 Å². The van der Waals surface area contributed by atoms with Crippen molar-refractivity contribution in [1.82, 2.24) is 9.97 Å². The highest BCUT2D eigenvalue weighted by atomic mass is 16.5. The summed E-state index contributed by atoms with van der Waals surface area (Å²) in [6, 6.07) is 4.37.